The number of hydrogen-bond donors (Lipinski definition) is 1. The molecule has 19 heavy (non-hydrogen) atoms. The first-order valence-corrected chi connectivity index (χ1v) is 8.57. The minimum atomic E-state index is 0.137. The molecule has 0 bridgehead atoms. The highest BCUT2D eigenvalue weighted by Crippen LogP contribution is 2.32. The number of thiophene rings is 1. The zero-order valence-corrected chi connectivity index (χ0v) is 12.3. The monoisotopic (exact) mass is 277 g/mol. The average molecular weight is 277 g/mol. The molecule has 3 unspecified atom stereocenters. The van der Waals surface area contributed by atoms with Gasteiger partial charge in [-0.05, 0) is 60.4 Å². The number of hydrogen-bond acceptors (Lipinski definition) is 3. The van der Waals surface area contributed by atoms with Crippen LogP contribution in [0.3, 0.4) is 0 Å². The molecule has 104 valence electrons. The van der Waals surface area contributed by atoms with Crippen LogP contribution >= 0.6 is 11.3 Å². The highest BCUT2D eigenvalue weighted by Gasteiger charge is 2.33. The van der Waals surface area contributed by atoms with Crippen molar-refractivity contribution in [3.8, 4) is 0 Å². The van der Waals surface area contributed by atoms with Crippen LogP contribution in [0.4, 0.5) is 0 Å². The Kier molecular flexibility index (Phi) is 4.34. The quantitative estimate of drug-likeness (QED) is 0.911. The summed E-state index contributed by atoms with van der Waals surface area (Å²) in [5.41, 5.74) is 1.31. The largest absolute Gasteiger partial charge is 0.304 e. The maximum Gasteiger partial charge on any atom is 0.150 e. The molecule has 3 atom stereocenters. The van der Waals surface area contributed by atoms with Crippen molar-refractivity contribution in [1.29, 1.82) is 0 Å². The highest BCUT2D eigenvalue weighted by molar-refractivity contribution is 7.07. The van der Waals surface area contributed by atoms with Gasteiger partial charge in [0.15, 0.2) is 0 Å². The molecule has 2 fully saturated rings. The van der Waals surface area contributed by atoms with E-state index in [1.807, 2.05) is 0 Å². The second-order valence-electron chi connectivity index (χ2n) is 6.05. The normalized spacial score (nSPS) is 30.8. The lowest BCUT2D eigenvalue weighted by atomic mass is 9.77. The molecule has 3 rings (SSSR count). The Balaban J connectivity index is 1.50. The van der Waals surface area contributed by atoms with Crippen molar-refractivity contribution in [2.75, 3.05) is 0 Å². The predicted molar refractivity (Wildman–Crippen MR) is 79.6 cm³/mol. The van der Waals surface area contributed by atoms with Crippen molar-refractivity contribution in [3.05, 3.63) is 22.4 Å². The third-order valence-electron chi connectivity index (χ3n) is 4.78. The summed E-state index contributed by atoms with van der Waals surface area (Å²) < 4.78 is 0. The molecular formula is C16H23NOS. The number of fused-ring (bicyclic) bond motifs is 1. The molecule has 2 nitrogen and oxygen atoms in total. The summed E-state index contributed by atoms with van der Waals surface area (Å²) in [6.45, 7) is 0. The Morgan fingerprint density at radius 2 is 2.16 bits per heavy atom. The van der Waals surface area contributed by atoms with Crippen molar-refractivity contribution in [3.63, 3.8) is 0 Å². The van der Waals surface area contributed by atoms with E-state index in [2.05, 4.69) is 22.1 Å². The number of rotatable bonds is 4. The number of carbonyl (C=O) groups excluding carboxylic acids is 1. The van der Waals surface area contributed by atoms with Crippen LogP contribution in [0.15, 0.2) is 16.8 Å². The zero-order chi connectivity index (χ0) is 13.1. The van der Waals surface area contributed by atoms with E-state index in [1.165, 1.54) is 37.7 Å². The van der Waals surface area contributed by atoms with E-state index in [4.69, 9.17) is 0 Å². The van der Waals surface area contributed by atoms with Gasteiger partial charge in [0.25, 0.3) is 0 Å². The fraction of sp³-hybridized carbons (Fsp3) is 0.688. The van der Waals surface area contributed by atoms with Gasteiger partial charge in [-0.2, -0.15) is 11.3 Å². The van der Waals surface area contributed by atoms with Crippen molar-refractivity contribution in [1.82, 2.24) is 5.32 Å². The molecular weight excluding hydrogens is 254 g/mol. The van der Waals surface area contributed by atoms with E-state index in [-0.39, 0.29) is 6.04 Å². The Bertz CT molecular complexity index is 414. The minimum Gasteiger partial charge on any atom is -0.304 e. The first-order valence-electron chi connectivity index (χ1n) is 7.63. The Morgan fingerprint density at radius 3 is 3.00 bits per heavy atom. The van der Waals surface area contributed by atoms with Crippen LogP contribution in [0, 0.1) is 5.92 Å². The van der Waals surface area contributed by atoms with Gasteiger partial charge in [-0.15, -0.1) is 0 Å². The number of ketones is 1. The van der Waals surface area contributed by atoms with E-state index >= 15 is 0 Å². The fourth-order valence-electron chi connectivity index (χ4n) is 3.63. The topological polar surface area (TPSA) is 29.1 Å². The van der Waals surface area contributed by atoms with Gasteiger partial charge in [0.05, 0.1) is 6.04 Å². The Labute approximate surface area is 119 Å². The van der Waals surface area contributed by atoms with E-state index < -0.39 is 0 Å². The summed E-state index contributed by atoms with van der Waals surface area (Å²) in [5.74, 6) is 1.27. The standard InChI is InChI=1S/C16H23NOS/c18-16(8-5-12-9-10-19-11-12)15-7-6-13-3-1-2-4-14(13)17-15/h9-11,13-15,17H,1-8H2. The predicted octanol–water partition coefficient (Wildman–Crippen LogP) is 3.56. The molecule has 0 radical (unpaired) electrons. The van der Waals surface area contributed by atoms with Gasteiger partial charge in [0.1, 0.15) is 5.78 Å². The van der Waals surface area contributed by atoms with E-state index in [0.29, 0.717) is 18.2 Å². The van der Waals surface area contributed by atoms with Crippen molar-refractivity contribution in [2.24, 2.45) is 5.92 Å². The molecule has 0 amide bonds. The van der Waals surface area contributed by atoms with Crippen LogP contribution in [-0.4, -0.2) is 17.9 Å². The molecule has 1 saturated carbocycles. The fourth-order valence-corrected chi connectivity index (χ4v) is 4.33. The Morgan fingerprint density at radius 1 is 1.26 bits per heavy atom. The lowest BCUT2D eigenvalue weighted by Crippen LogP contribution is -2.52. The van der Waals surface area contributed by atoms with Crippen molar-refractivity contribution in [2.45, 2.75) is 63.5 Å². The molecule has 1 aliphatic carbocycles. The summed E-state index contributed by atoms with van der Waals surface area (Å²) in [7, 11) is 0. The van der Waals surface area contributed by atoms with E-state index in [1.54, 1.807) is 11.3 Å². The van der Waals surface area contributed by atoms with Gasteiger partial charge in [-0.25, -0.2) is 0 Å². The summed E-state index contributed by atoms with van der Waals surface area (Å²) >= 11 is 1.71. The van der Waals surface area contributed by atoms with Crippen molar-refractivity contribution >= 4 is 17.1 Å². The first kappa shape index (κ1) is 13.3. The highest BCUT2D eigenvalue weighted by atomic mass is 32.1. The van der Waals surface area contributed by atoms with Crippen LogP contribution in [0.1, 0.15) is 50.5 Å². The third kappa shape index (κ3) is 3.26. The van der Waals surface area contributed by atoms with Gasteiger partial charge < -0.3 is 5.32 Å². The summed E-state index contributed by atoms with van der Waals surface area (Å²) in [4.78, 5) is 12.3. The second kappa shape index (κ2) is 6.19. The van der Waals surface area contributed by atoms with Gasteiger partial charge in [0, 0.05) is 12.5 Å². The number of carbonyl (C=O) groups is 1. The number of Topliss-reactive ketones (excluding diaryl/α,β-unsaturated/α-hetero) is 1. The molecule has 0 aromatic carbocycles. The van der Waals surface area contributed by atoms with Gasteiger partial charge in [0.2, 0.25) is 0 Å². The summed E-state index contributed by atoms with van der Waals surface area (Å²) in [6, 6.07) is 2.89. The zero-order valence-electron chi connectivity index (χ0n) is 11.4. The van der Waals surface area contributed by atoms with Gasteiger partial charge in [-0.3, -0.25) is 4.79 Å². The average Bonchev–Trinajstić information content (AvgIpc) is 2.97. The van der Waals surface area contributed by atoms with Crippen LogP contribution in [0.25, 0.3) is 0 Å². The lowest BCUT2D eigenvalue weighted by molar-refractivity contribution is -0.122. The molecule has 3 heteroatoms. The summed E-state index contributed by atoms with van der Waals surface area (Å²) in [6.07, 6.45) is 9.30. The van der Waals surface area contributed by atoms with Crippen LogP contribution in [0.2, 0.25) is 0 Å². The molecule has 1 aromatic rings. The summed E-state index contributed by atoms with van der Waals surface area (Å²) in [5, 5.41) is 7.88. The lowest BCUT2D eigenvalue weighted by Gasteiger charge is -2.40. The first-order chi connectivity index (χ1) is 9.33. The molecule has 1 aromatic heterocycles. The van der Waals surface area contributed by atoms with Crippen LogP contribution < -0.4 is 5.32 Å². The van der Waals surface area contributed by atoms with Gasteiger partial charge in [-0.1, -0.05) is 12.8 Å². The Hall–Kier alpha value is -0.670. The van der Waals surface area contributed by atoms with Crippen molar-refractivity contribution < 1.29 is 4.79 Å². The van der Waals surface area contributed by atoms with Crippen LogP contribution in [-0.2, 0) is 11.2 Å². The molecule has 2 heterocycles. The maximum atomic E-state index is 12.3. The van der Waals surface area contributed by atoms with E-state index in [9.17, 15) is 4.79 Å². The van der Waals surface area contributed by atoms with Crippen LogP contribution in [0.5, 0.6) is 0 Å². The molecule has 1 aliphatic heterocycles. The third-order valence-corrected chi connectivity index (χ3v) is 5.51. The molecule has 2 aliphatic rings. The maximum absolute atomic E-state index is 12.3. The SMILES string of the molecule is O=C(CCc1ccsc1)C1CCC2CCCCC2N1. The van der Waals surface area contributed by atoms with E-state index in [0.717, 1.165) is 18.8 Å². The van der Waals surface area contributed by atoms with Gasteiger partial charge >= 0.3 is 0 Å². The smallest absolute Gasteiger partial charge is 0.150 e. The molecule has 1 saturated heterocycles. The number of piperidine rings is 1. The molecule has 0 spiro atoms. The second-order valence-corrected chi connectivity index (χ2v) is 6.83. The minimum absolute atomic E-state index is 0.137. The number of aryl methyl sites for hydroxylation is 1. The molecule has 1 N–H and O–H groups in total. The number of nitrogens with one attached hydrogen (secondary N) is 1.